The average molecular weight is 342 g/mol. The standard InChI is InChI=1S/C24H22O2/c1-26-22-14-20-19(13-21(22)25)24-17-10-6-5-7-15(17)11-12-18(24)23(20)16-8-3-2-4-9-16/h2-10,13-14,18,23-25H,11-12H2,1H3/t18-,23-,24-/m1/s1. The number of aromatic hydroxyl groups is 1. The molecule has 2 aliphatic carbocycles. The summed E-state index contributed by atoms with van der Waals surface area (Å²) in [6.45, 7) is 0. The Balaban J connectivity index is 1.75. The van der Waals surface area contributed by atoms with Gasteiger partial charge in [-0.3, -0.25) is 0 Å². The fraction of sp³-hybridized carbons (Fsp3) is 0.250. The van der Waals surface area contributed by atoms with Crippen LogP contribution in [0.5, 0.6) is 11.5 Å². The van der Waals surface area contributed by atoms with Crippen molar-refractivity contribution < 1.29 is 9.84 Å². The molecule has 0 saturated heterocycles. The van der Waals surface area contributed by atoms with Gasteiger partial charge in [0.1, 0.15) is 0 Å². The van der Waals surface area contributed by atoms with Crippen molar-refractivity contribution >= 4 is 0 Å². The third-order valence-corrected chi connectivity index (χ3v) is 6.21. The van der Waals surface area contributed by atoms with Gasteiger partial charge in [-0.25, -0.2) is 0 Å². The number of phenols is 1. The van der Waals surface area contributed by atoms with Crippen LogP contribution in [0.4, 0.5) is 0 Å². The lowest BCUT2D eigenvalue weighted by atomic mass is 9.71. The number of hydrogen-bond donors (Lipinski definition) is 1. The molecule has 130 valence electrons. The van der Waals surface area contributed by atoms with Crippen LogP contribution in [0.3, 0.4) is 0 Å². The van der Waals surface area contributed by atoms with Gasteiger partial charge in [0.05, 0.1) is 7.11 Å². The molecule has 0 heterocycles. The van der Waals surface area contributed by atoms with Gasteiger partial charge in [0, 0.05) is 11.8 Å². The number of fused-ring (bicyclic) bond motifs is 5. The first-order valence-electron chi connectivity index (χ1n) is 9.31. The first-order chi connectivity index (χ1) is 12.8. The molecule has 3 atom stereocenters. The minimum atomic E-state index is 0.238. The Bertz CT molecular complexity index is 961. The van der Waals surface area contributed by atoms with Crippen molar-refractivity contribution in [1.29, 1.82) is 0 Å². The molecule has 0 aromatic heterocycles. The van der Waals surface area contributed by atoms with Crippen LogP contribution in [-0.2, 0) is 6.42 Å². The molecule has 2 heteroatoms. The molecular formula is C24H22O2. The van der Waals surface area contributed by atoms with Gasteiger partial charge in [-0.1, -0.05) is 54.6 Å². The van der Waals surface area contributed by atoms with Crippen LogP contribution in [0.1, 0.15) is 46.1 Å². The van der Waals surface area contributed by atoms with Crippen molar-refractivity contribution in [2.75, 3.05) is 7.11 Å². The SMILES string of the molecule is COc1cc2c(cc1O)[C@@H]1c3ccccc3CC[C@@H]1[C@H]2c1ccccc1. The van der Waals surface area contributed by atoms with Crippen molar-refractivity contribution in [3.8, 4) is 11.5 Å². The van der Waals surface area contributed by atoms with Crippen LogP contribution in [0.25, 0.3) is 0 Å². The molecule has 0 fully saturated rings. The fourth-order valence-corrected chi connectivity index (χ4v) is 5.16. The molecule has 0 aliphatic heterocycles. The molecule has 0 unspecified atom stereocenters. The molecule has 0 bridgehead atoms. The van der Waals surface area contributed by atoms with E-state index in [1.165, 1.54) is 34.2 Å². The van der Waals surface area contributed by atoms with Crippen molar-refractivity contribution in [2.24, 2.45) is 5.92 Å². The summed E-state index contributed by atoms with van der Waals surface area (Å²) < 4.78 is 5.43. The van der Waals surface area contributed by atoms with Gasteiger partial charge in [-0.2, -0.15) is 0 Å². The molecule has 5 rings (SSSR count). The van der Waals surface area contributed by atoms with E-state index in [0.29, 0.717) is 23.5 Å². The number of aryl methyl sites for hydroxylation is 1. The molecule has 0 saturated carbocycles. The van der Waals surface area contributed by atoms with E-state index in [4.69, 9.17) is 4.74 Å². The zero-order valence-electron chi connectivity index (χ0n) is 14.9. The van der Waals surface area contributed by atoms with Crippen molar-refractivity contribution in [3.63, 3.8) is 0 Å². The number of ether oxygens (including phenoxy) is 1. The van der Waals surface area contributed by atoms with Crippen LogP contribution in [0.15, 0.2) is 66.7 Å². The van der Waals surface area contributed by atoms with Gasteiger partial charge in [-0.15, -0.1) is 0 Å². The Morgan fingerprint density at radius 2 is 1.58 bits per heavy atom. The largest absolute Gasteiger partial charge is 0.504 e. The maximum Gasteiger partial charge on any atom is 0.160 e. The molecule has 26 heavy (non-hydrogen) atoms. The third kappa shape index (κ3) is 2.18. The van der Waals surface area contributed by atoms with Crippen molar-refractivity contribution in [1.82, 2.24) is 0 Å². The van der Waals surface area contributed by atoms with Crippen LogP contribution in [-0.4, -0.2) is 12.2 Å². The minimum Gasteiger partial charge on any atom is -0.504 e. The van der Waals surface area contributed by atoms with Gasteiger partial charge in [-0.05, 0) is 58.7 Å². The minimum absolute atomic E-state index is 0.238. The zero-order valence-corrected chi connectivity index (χ0v) is 14.9. The van der Waals surface area contributed by atoms with Gasteiger partial charge in [0.15, 0.2) is 11.5 Å². The number of methoxy groups -OCH3 is 1. The van der Waals surface area contributed by atoms with E-state index < -0.39 is 0 Å². The normalized spacial score (nSPS) is 23.0. The van der Waals surface area contributed by atoms with Crippen LogP contribution < -0.4 is 4.74 Å². The van der Waals surface area contributed by atoms with E-state index in [-0.39, 0.29) is 5.75 Å². The highest BCUT2D eigenvalue weighted by Crippen LogP contribution is 2.58. The summed E-state index contributed by atoms with van der Waals surface area (Å²) in [6, 6.07) is 23.6. The van der Waals surface area contributed by atoms with Crippen molar-refractivity contribution in [2.45, 2.75) is 24.7 Å². The van der Waals surface area contributed by atoms with E-state index in [1.54, 1.807) is 7.11 Å². The van der Waals surface area contributed by atoms with Gasteiger partial charge < -0.3 is 9.84 Å². The maximum atomic E-state index is 10.4. The zero-order chi connectivity index (χ0) is 17.7. The monoisotopic (exact) mass is 342 g/mol. The highest BCUT2D eigenvalue weighted by Gasteiger charge is 2.45. The predicted octanol–water partition coefficient (Wildman–Crippen LogP) is 5.24. The number of hydrogen-bond acceptors (Lipinski definition) is 2. The summed E-state index contributed by atoms with van der Waals surface area (Å²) >= 11 is 0. The summed E-state index contributed by atoms with van der Waals surface area (Å²) in [6.07, 6.45) is 2.29. The quantitative estimate of drug-likeness (QED) is 0.690. The Labute approximate surface area is 154 Å². The van der Waals surface area contributed by atoms with E-state index in [9.17, 15) is 5.11 Å². The van der Waals surface area contributed by atoms with Gasteiger partial charge >= 0.3 is 0 Å². The predicted molar refractivity (Wildman–Crippen MR) is 103 cm³/mol. The highest BCUT2D eigenvalue weighted by molar-refractivity contribution is 5.59. The maximum absolute atomic E-state index is 10.4. The van der Waals surface area contributed by atoms with Crippen LogP contribution >= 0.6 is 0 Å². The van der Waals surface area contributed by atoms with Crippen LogP contribution in [0, 0.1) is 5.92 Å². The molecule has 0 radical (unpaired) electrons. The summed E-state index contributed by atoms with van der Waals surface area (Å²) in [4.78, 5) is 0. The van der Waals surface area contributed by atoms with E-state index in [1.807, 2.05) is 6.07 Å². The number of rotatable bonds is 2. The van der Waals surface area contributed by atoms with E-state index in [2.05, 4.69) is 60.7 Å². The molecule has 2 nitrogen and oxygen atoms in total. The molecule has 1 N–H and O–H groups in total. The second-order valence-corrected chi connectivity index (χ2v) is 7.42. The lowest BCUT2D eigenvalue weighted by Gasteiger charge is -2.32. The first-order valence-corrected chi connectivity index (χ1v) is 9.31. The highest BCUT2D eigenvalue weighted by atomic mass is 16.5. The van der Waals surface area contributed by atoms with Crippen LogP contribution in [0.2, 0.25) is 0 Å². The number of phenolic OH excluding ortho intramolecular Hbond substituents is 1. The fourth-order valence-electron chi connectivity index (χ4n) is 5.16. The van der Waals surface area contributed by atoms with E-state index in [0.717, 1.165) is 6.42 Å². The summed E-state index contributed by atoms with van der Waals surface area (Å²) in [7, 11) is 1.62. The Hall–Kier alpha value is -2.74. The third-order valence-electron chi connectivity index (χ3n) is 6.21. The van der Waals surface area contributed by atoms with Crippen molar-refractivity contribution in [3.05, 3.63) is 94.5 Å². The second kappa shape index (κ2) is 5.91. The molecular weight excluding hydrogens is 320 g/mol. The Kier molecular flexibility index (Phi) is 3.53. The second-order valence-electron chi connectivity index (χ2n) is 7.42. The number of benzene rings is 3. The molecule has 3 aromatic carbocycles. The molecule has 0 amide bonds. The van der Waals surface area contributed by atoms with Gasteiger partial charge in [0.2, 0.25) is 0 Å². The molecule has 3 aromatic rings. The molecule has 2 aliphatic rings. The lowest BCUT2D eigenvalue weighted by molar-refractivity contribution is 0.372. The lowest BCUT2D eigenvalue weighted by Crippen LogP contribution is -2.21. The topological polar surface area (TPSA) is 29.5 Å². The Morgan fingerprint density at radius 3 is 2.38 bits per heavy atom. The first kappa shape index (κ1) is 15.5. The summed E-state index contributed by atoms with van der Waals surface area (Å²) in [5, 5.41) is 10.4. The van der Waals surface area contributed by atoms with Gasteiger partial charge in [0.25, 0.3) is 0 Å². The Morgan fingerprint density at radius 1 is 0.846 bits per heavy atom. The smallest absolute Gasteiger partial charge is 0.160 e. The summed E-state index contributed by atoms with van der Waals surface area (Å²) in [5.74, 6) is 2.02. The summed E-state index contributed by atoms with van der Waals surface area (Å²) in [5.41, 5.74) is 6.79. The average Bonchev–Trinajstić information content (AvgIpc) is 3.01. The molecule has 0 spiro atoms. The van der Waals surface area contributed by atoms with E-state index >= 15 is 0 Å².